The average Bonchev–Trinajstić information content (AvgIpc) is 3.14. The van der Waals surface area contributed by atoms with Crippen molar-refractivity contribution in [1.82, 2.24) is 20.1 Å². The molecule has 2 aromatic heterocycles. The van der Waals surface area contributed by atoms with E-state index >= 15 is 0 Å². The van der Waals surface area contributed by atoms with Crippen LogP contribution in [0.2, 0.25) is 5.02 Å². The summed E-state index contributed by atoms with van der Waals surface area (Å²) in [6, 6.07) is 1.02. The van der Waals surface area contributed by atoms with E-state index in [0.29, 0.717) is 12.8 Å². The number of pyridine rings is 1. The number of aliphatic hydroxyl groups excluding tert-OH is 1. The Bertz CT molecular complexity index is 1210. The third-order valence-corrected chi connectivity index (χ3v) is 7.08. The van der Waals surface area contributed by atoms with Crippen molar-refractivity contribution < 1.29 is 41.7 Å². The number of halogens is 6. The molecule has 3 rings (SSSR count). The maximum atomic E-state index is 13.3. The second-order valence-electron chi connectivity index (χ2n) is 10.8. The van der Waals surface area contributed by atoms with Crippen molar-refractivity contribution in [2.45, 2.75) is 90.0 Å². The van der Waals surface area contributed by atoms with Gasteiger partial charge in [-0.3, -0.25) is 9.48 Å². The number of carbonyl (C=O) groups is 1. The van der Waals surface area contributed by atoms with Crippen LogP contribution >= 0.6 is 11.6 Å². The van der Waals surface area contributed by atoms with E-state index in [2.05, 4.69) is 25.5 Å². The molecule has 9 nitrogen and oxygen atoms in total. The standard InChI is InChI=1S/C25H33ClF5N5O4/c1-5-36-20(18(26)19(35-36)21(38)33-12-24(39)7-6-13(2)8-16(24)37)14-10-32-17(9-15(14)40-22(27)28)34-23(3,4)11-25(29,30)31/h9-10,13,16,22,37,39H,5-8,11-12H2,1-4H3,(H,32,34)(H,33,38)/t13-,16-,24-/m1/s1. The van der Waals surface area contributed by atoms with Crippen molar-refractivity contribution >= 4 is 23.3 Å². The van der Waals surface area contributed by atoms with Crippen molar-refractivity contribution in [1.29, 1.82) is 0 Å². The highest BCUT2D eigenvalue weighted by molar-refractivity contribution is 6.36. The number of hydrogen-bond donors (Lipinski definition) is 4. The van der Waals surface area contributed by atoms with Gasteiger partial charge in [0.15, 0.2) is 5.69 Å². The number of ether oxygens (including phenoxy) is 1. The van der Waals surface area contributed by atoms with E-state index in [1.54, 1.807) is 6.92 Å². The molecule has 2 aromatic rings. The Morgan fingerprint density at radius 3 is 2.60 bits per heavy atom. The molecule has 1 aliphatic carbocycles. The fourth-order valence-corrected chi connectivity index (χ4v) is 5.07. The van der Waals surface area contributed by atoms with Crippen LogP contribution in [0.4, 0.5) is 27.8 Å². The molecule has 40 heavy (non-hydrogen) atoms. The maximum Gasteiger partial charge on any atom is 0.391 e. The van der Waals surface area contributed by atoms with Crippen LogP contribution in [0.15, 0.2) is 12.3 Å². The van der Waals surface area contributed by atoms with Gasteiger partial charge in [0.1, 0.15) is 17.2 Å². The Morgan fingerprint density at radius 1 is 1.35 bits per heavy atom. The summed E-state index contributed by atoms with van der Waals surface area (Å²) in [5, 5.41) is 30.2. The van der Waals surface area contributed by atoms with Gasteiger partial charge in [-0.05, 0) is 46.0 Å². The summed E-state index contributed by atoms with van der Waals surface area (Å²) in [5.74, 6) is -1.15. The largest absolute Gasteiger partial charge is 0.434 e. The van der Waals surface area contributed by atoms with Crippen LogP contribution < -0.4 is 15.4 Å². The van der Waals surface area contributed by atoms with Gasteiger partial charge in [0.05, 0.1) is 28.8 Å². The van der Waals surface area contributed by atoms with E-state index in [9.17, 15) is 37.0 Å². The van der Waals surface area contributed by atoms with Gasteiger partial charge < -0.3 is 25.6 Å². The first kappa shape index (κ1) is 31.8. The predicted octanol–water partition coefficient (Wildman–Crippen LogP) is 5.00. The van der Waals surface area contributed by atoms with E-state index in [-0.39, 0.29) is 53.2 Å². The molecular weight excluding hydrogens is 565 g/mol. The van der Waals surface area contributed by atoms with E-state index < -0.39 is 48.1 Å². The first-order chi connectivity index (χ1) is 18.4. The van der Waals surface area contributed by atoms with E-state index in [4.69, 9.17) is 11.6 Å². The van der Waals surface area contributed by atoms with Gasteiger partial charge in [0.2, 0.25) is 0 Å². The highest BCUT2D eigenvalue weighted by Crippen LogP contribution is 2.39. The van der Waals surface area contributed by atoms with Gasteiger partial charge >= 0.3 is 12.8 Å². The Kier molecular flexibility index (Phi) is 9.57. The summed E-state index contributed by atoms with van der Waals surface area (Å²) in [6.45, 7) is 2.76. The molecule has 1 saturated carbocycles. The predicted molar refractivity (Wildman–Crippen MR) is 137 cm³/mol. The van der Waals surface area contributed by atoms with Gasteiger partial charge in [-0.1, -0.05) is 18.5 Å². The molecule has 0 saturated heterocycles. The zero-order valence-corrected chi connectivity index (χ0v) is 23.2. The van der Waals surface area contributed by atoms with Crippen molar-refractivity contribution in [3.8, 4) is 17.0 Å². The zero-order chi connectivity index (χ0) is 30.0. The number of aliphatic hydroxyl groups is 2. The minimum absolute atomic E-state index is 0.0174. The second kappa shape index (κ2) is 12.0. The summed E-state index contributed by atoms with van der Waals surface area (Å²) in [5.41, 5.74) is -3.37. The van der Waals surface area contributed by atoms with Crippen molar-refractivity contribution in [2.24, 2.45) is 5.92 Å². The number of nitrogens with zero attached hydrogens (tertiary/aromatic N) is 3. The van der Waals surface area contributed by atoms with Gasteiger partial charge in [-0.25, -0.2) is 4.98 Å². The first-order valence-electron chi connectivity index (χ1n) is 12.7. The van der Waals surface area contributed by atoms with Crippen LogP contribution in [-0.4, -0.2) is 67.5 Å². The third kappa shape index (κ3) is 7.72. The van der Waals surface area contributed by atoms with Gasteiger partial charge in [-0.15, -0.1) is 0 Å². The lowest BCUT2D eigenvalue weighted by molar-refractivity contribution is -0.142. The van der Waals surface area contributed by atoms with Crippen molar-refractivity contribution in [3.05, 3.63) is 23.0 Å². The number of amides is 1. The Hall–Kier alpha value is -2.71. The molecule has 224 valence electrons. The molecule has 15 heteroatoms. The number of aryl methyl sites for hydroxylation is 1. The molecule has 1 aliphatic rings. The molecule has 0 spiro atoms. The van der Waals surface area contributed by atoms with Crippen LogP contribution in [0.3, 0.4) is 0 Å². The highest BCUT2D eigenvalue weighted by Gasteiger charge is 2.41. The molecule has 1 amide bonds. The summed E-state index contributed by atoms with van der Waals surface area (Å²) in [6.07, 6.45) is -4.34. The number of alkyl halides is 5. The number of hydrogen-bond acceptors (Lipinski definition) is 7. The topological polar surface area (TPSA) is 122 Å². The second-order valence-corrected chi connectivity index (χ2v) is 11.1. The molecule has 0 unspecified atom stereocenters. The smallest absolute Gasteiger partial charge is 0.391 e. The van der Waals surface area contributed by atoms with Crippen LogP contribution in [0.25, 0.3) is 11.3 Å². The Labute approximate surface area is 233 Å². The average molecular weight is 598 g/mol. The fraction of sp³-hybridized carbons (Fsp3) is 0.640. The lowest BCUT2D eigenvalue weighted by Crippen LogP contribution is -2.54. The van der Waals surface area contributed by atoms with Crippen molar-refractivity contribution in [2.75, 3.05) is 11.9 Å². The maximum absolute atomic E-state index is 13.3. The molecule has 0 radical (unpaired) electrons. The monoisotopic (exact) mass is 597 g/mol. The lowest BCUT2D eigenvalue weighted by Gasteiger charge is -2.39. The van der Waals surface area contributed by atoms with Gasteiger partial charge in [-0.2, -0.15) is 27.1 Å². The van der Waals surface area contributed by atoms with Crippen LogP contribution in [0, 0.1) is 5.92 Å². The van der Waals surface area contributed by atoms with E-state index in [1.165, 1.54) is 18.5 Å². The summed E-state index contributed by atoms with van der Waals surface area (Å²) in [4.78, 5) is 17.1. The molecule has 0 aromatic carbocycles. The Balaban J connectivity index is 1.92. The van der Waals surface area contributed by atoms with Crippen molar-refractivity contribution in [3.63, 3.8) is 0 Å². The quantitative estimate of drug-likeness (QED) is 0.284. The normalized spacial score (nSPS) is 21.9. The number of rotatable bonds is 10. The number of carbonyl (C=O) groups excluding carboxylic acids is 1. The summed E-state index contributed by atoms with van der Waals surface area (Å²) < 4.78 is 71.3. The molecule has 3 atom stereocenters. The van der Waals surface area contributed by atoms with Crippen LogP contribution in [0.5, 0.6) is 5.75 Å². The molecular formula is C25H33ClF5N5O4. The minimum atomic E-state index is -4.49. The van der Waals surface area contributed by atoms with Gasteiger partial charge in [0, 0.05) is 30.9 Å². The fourth-order valence-electron chi connectivity index (χ4n) is 4.74. The van der Waals surface area contributed by atoms with E-state index in [0.717, 1.165) is 12.3 Å². The minimum Gasteiger partial charge on any atom is -0.434 e. The van der Waals surface area contributed by atoms with Crippen LogP contribution in [0.1, 0.15) is 63.9 Å². The molecule has 1 fully saturated rings. The summed E-state index contributed by atoms with van der Waals surface area (Å²) in [7, 11) is 0. The zero-order valence-electron chi connectivity index (χ0n) is 22.4. The number of anilines is 1. The number of aromatic nitrogens is 3. The number of nitrogens with one attached hydrogen (secondary N) is 2. The molecule has 2 heterocycles. The lowest BCUT2D eigenvalue weighted by atomic mass is 9.77. The third-order valence-electron chi connectivity index (χ3n) is 6.73. The van der Waals surface area contributed by atoms with Gasteiger partial charge in [0.25, 0.3) is 5.91 Å². The first-order valence-corrected chi connectivity index (χ1v) is 13.1. The van der Waals surface area contributed by atoms with E-state index in [1.807, 2.05) is 6.92 Å². The molecule has 4 N–H and O–H groups in total. The molecule has 0 bridgehead atoms. The Morgan fingerprint density at radius 2 is 2.02 bits per heavy atom. The molecule has 0 aliphatic heterocycles. The summed E-state index contributed by atoms with van der Waals surface area (Å²) >= 11 is 6.50. The highest BCUT2D eigenvalue weighted by atomic mass is 35.5. The van der Waals surface area contributed by atoms with Crippen LogP contribution in [-0.2, 0) is 6.54 Å². The SMILES string of the molecule is CCn1nc(C(=O)NC[C@]2(O)CC[C@@H](C)C[C@H]2O)c(Cl)c1-c1cnc(NC(C)(C)CC(F)(F)F)cc1OC(F)F.